The molecule has 2 aromatic carbocycles. The number of halogens is 5. The molecule has 5 amide bonds. The van der Waals surface area contributed by atoms with Gasteiger partial charge in [-0.25, -0.2) is 23.3 Å². The third-order valence-corrected chi connectivity index (χ3v) is 6.74. The molecule has 0 saturated carbocycles. The number of aryl methyl sites for hydroxylation is 1. The molecule has 0 radical (unpaired) electrons. The summed E-state index contributed by atoms with van der Waals surface area (Å²) in [4.78, 5) is 51.6. The van der Waals surface area contributed by atoms with Gasteiger partial charge in [-0.05, 0) is 48.7 Å². The van der Waals surface area contributed by atoms with Crippen molar-refractivity contribution in [3.8, 4) is 0 Å². The fraction of sp³-hybridized carbons (Fsp3) is 0.360. The fourth-order valence-corrected chi connectivity index (χ4v) is 4.57. The van der Waals surface area contributed by atoms with Gasteiger partial charge in [0.25, 0.3) is 5.91 Å². The van der Waals surface area contributed by atoms with Gasteiger partial charge >= 0.3 is 18.3 Å². The van der Waals surface area contributed by atoms with E-state index in [1.54, 1.807) is 0 Å². The molecule has 14 heteroatoms. The van der Waals surface area contributed by atoms with Crippen LogP contribution in [0.2, 0.25) is 0 Å². The van der Waals surface area contributed by atoms with Crippen molar-refractivity contribution < 1.29 is 45.9 Å². The highest BCUT2D eigenvalue weighted by atomic mass is 19.4. The number of nitrogens with zero attached hydrogens (tertiary/aromatic N) is 2. The Morgan fingerprint density at radius 3 is 2.44 bits per heavy atom. The van der Waals surface area contributed by atoms with Gasteiger partial charge in [-0.15, -0.1) is 0 Å². The molecule has 1 fully saturated rings. The number of imide groups is 1. The summed E-state index contributed by atoms with van der Waals surface area (Å²) in [6, 6.07) is 3.70. The molecule has 4 rings (SSSR count). The van der Waals surface area contributed by atoms with E-state index in [2.05, 4.69) is 10.6 Å². The average Bonchev–Trinajstić information content (AvgIpc) is 3.34. The van der Waals surface area contributed by atoms with Gasteiger partial charge in [0.05, 0.1) is 5.69 Å². The Morgan fingerprint density at radius 2 is 1.82 bits per heavy atom. The predicted molar refractivity (Wildman–Crippen MR) is 125 cm³/mol. The van der Waals surface area contributed by atoms with Gasteiger partial charge in [-0.3, -0.25) is 9.59 Å². The highest BCUT2D eigenvalue weighted by molar-refractivity contribution is 6.06. The second-order valence-corrected chi connectivity index (χ2v) is 9.15. The maximum Gasteiger partial charge on any atom is 0.418 e. The summed E-state index contributed by atoms with van der Waals surface area (Å²) in [5.74, 6) is -3.77. The Bertz CT molecular complexity index is 1330. The SMILES string of the molecule is CNC(=O)Nc1cc2c(cc1F)C1(CC2)OC(=O)N(CC(=O)N(Cc2ccc(F)cc2)[C@@H](C)C(F)(F)F)C1=O. The van der Waals surface area contributed by atoms with E-state index in [4.69, 9.17) is 4.74 Å². The zero-order valence-corrected chi connectivity index (χ0v) is 20.7. The molecule has 39 heavy (non-hydrogen) atoms. The lowest BCUT2D eigenvalue weighted by molar-refractivity contribution is -0.187. The first-order valence-corrected chi connectivity index (χ1v) is 11.7. The number of hydrogen-bond donors (Lipinski definition) is 2. The van der Waals surface area contributed by atoms with Crippen LogP contribution in [0.25, 0.3) is 0 Å². The molecule has 1 unspecified atom stereocenters. The molecule has 0 aromatic heterocycles. The number of rotatable bonds is 6. The summed E-state index contributed by atoms with van der Waals surface area (Å²) in [6.45, 7) is -0.889. The minimum absolute atomic E-state index is 0.0163. The summed E-state index contributed by atoms with van der Waals surface area (Å²) in [6.07, 6.45) is -6.05. The number of hydrogen-bond acceptors (Lipinski definition) is 5. The largest absolute Gasteiger partial charge is 0.427 e. The third kappa shape index (κ3) is 5.22. The molecule has 1 aliphatic carbocycles. The predicted octanol–water partition coefficient (Wildman–Crippen LogP) is 3.82. The van der Waals surface area contributed by atoms with Crippen molar-refractivity contribution in [2.24, 2.45) is 0 Å². The molecule has 0 bridgehead atoms. The lowest BCUT2D eigenvalue weighted by Crippen LogP contribution is -2.51. The molecule has 2 N–H and O–H groups in total. The number of alkyl halides is 3. The first-order chi connectivity index (χ1) is 18.3. The van der Waals surface area contributed by atoms with Gasteiger partial charge in [0, 0.05) is 25.6 Å². The van der Waals surface area contributed by atoms with Crippen LogP contribution in [0.15, 0.2) is 36.4 Å². The molecule has 1 spiro atoms. The monoisotopic (exact) mass is 554 g/mol. The molecular formula is C25H23F5N4O5. The zero-order chi connectivity index (χ0) is 28.7. The normalized spacial score (nSPS) is 19.1. The number of anilines is 1. The van der Waals surface area contributed by atoms with Gasteiger partial charge < -0.3 is 20.3 Å². The summed E-state index contributed by atoms with van der Waals surface area (Å²) < 4.78 is 74.1. The van der Waals surface area contributed by atoms with Gasteiger partial charge in [0.15, 0.2) is 0 Å². The minimum atomic E-state index is -4.84. The zero-order valence-electron chi connectivity index (χ0n) is 20.7. The van der Waals surface area contributed by atoms with Gasteiger partial charge in [0.2, 0.25) is 11.5 Å². The highest BCUT2D eigenvalue weighted by Crippen LogP contribution is 2.46. The number of carbonyl (C=O) groups is 4. The first-order valence-electron chi connectivity index (χ1n) is 11.7. The van der Waals surface area contributed by atoms with Crippen LogP contribution in [0, 0.1) is 11.6 Å². The maximum absolute atomic E-state index is 14.7. The van der Waals surface area contributed by atoms with Crippen LogP contribution >= 0.6 is 0 Å². The summed E-state index contributed by atoms with van der Waals surface area (Å²) in [5.41, 5.74) is -1.53. The number of urea groups is 1. The lowest BCUT2D eigenvalue weighted by Gasteiger charge is -2.31. The number of amides is 5. The average molecular weight is 554 g/mol. The summed E-state index contributed by atoms with van der Waals surface area (Å²) in [7, 11) is 1.33. The quantitative estimate of drug-likeness (QED) is 0.528. The van der Waals surface area contributed by atoms with Crippen molar-refractivity contribution in [2.75, 3.05) is 18.9 Å². The van der Waals surface area contributed by atoms with E-state index in [0.29, 0.717) is 15.4 Å². The van der Waals surface area contributed by atoms with E-state index in [9.17, 15) is 41.1 Å². The number of carbonyl (C=O) groups excluding carboxylic acids is 4. The number of benzene rings is 2. The number of nitrogens with one attached hydrogen (secondary N) is 2. The number of ether oxygens (including phenoxy) is 1. The molecule has 1 saturated heterocycles. The van der Waals surface area contributed by atoms with Gasteiger partial charge in [-0.2, -0.15) is 13.2 Å². The molecule has 2 atom stereocenters. The third-order valence-electron chi connectivity index (χ3n) is 6.74. The van der Waals surface area contributed by atoms with Crippen molar-refractivity contribution in [3.05, 3.63) is 64.7 Å². The van der Waals surface area contributed by atoms with Gasteiger partial charge in [0.1, 0.15) is 24.2 Å². The van der Waals surface area contributed by atoms with Crippen LogP contribution in [-0.4, -0.2) is 59.5 Å². The van der Waals surface area contributed by atoms with Crippen molar-refractivity contribution in [1.29, 1.82) is 0 Å². The molecule has 2 aliphatic rings. The maximum atomic E-state index is 14.7. The van der Waals surface area contributed by atoms with Crippen LogP contribution in [-0.2, 0) is 32.9 Å². The van der Waals surface area contributed by atoms with Crippen LogP contribution < -0.4 is 10.6 Å². The second kappa shape index (κ2) is 10.2. The first kappa shape index (κ1) is 27.8. The highest BCUT2D eigenvalue weighted by Gasteiger charge is 2.59. The van der Waals surface area contributed by atoms with Crippen molar-refractivity contribution in [3.63, 3.8) is 0 Å². The van der Waals surface area contributed by atoms with Gasteiger partial charge in [-0.1, -0.05) is 12.1 Å². The van der Waals surface area contributed by atoms with Crippen molar-refractivity contribution in [1.82, 2.24) is 15.1 Å². The standard InChI is InChI=1S/C25H23F5N4O5/c1-13(25(28,29)30)33(11-14-3-5-16(26)6-4-14)20(35)12-34-21(36)24(39-23(34)38)8-7-15-9-19(32-22(37)31-2)18(27)10-17(15)24/h3-6,9-10,13H,7-8,11-12H2,1-2H3,(H2,31,32,37)/t13-,24?/m0/s1. The second-order valence-electron chi connectivity index (χ2n) is 9.15. The van der Waals surface area contributed by atoms with Crippen LogP contribution in [0.1, 0.15) is 30.0 Å². The Balaban J connectivity index is 1.59. The molecular weight excluding hydrogens is 531 g/mol. The van der Waals surface area contributed by atoms with Crippen LogP contribution in [0.5, 0.6) is 0 Å². The molecule has 1 aliphatic heterocycles. The smallest absolute Gasteiger partial charge is 0.418 e. The Morgan fingerprint density at radius 1 is 1.15 bits per heavy atom. The minimum Gasteiger partial charge on any atom is -0.427 e. The number of fused-ring (bicyclic) bond motifs is 2. The van der Waals surface area contributed by atoms with E-state index < -0.39 is 66.5 Å². The fourth-order valence-electron chi connectivity index (χ4n) is 4.57. The molecule has 1 heterocycles. The molecule has 208 valence electrons. The Hall–Kier alpha value is -4.23. The van der Waals surface area contributed by atoms with E-state index in [-0.39, 0.29) is 29.7 Å². The van der Waals surface area contributed by atoms with Crippen LogP contribution in [0.4, 0.5) is 37.2 Å². The van der Waals surface area contributed by atoms with E-state index >= 15 is 0 Å². The van der Waals surface area contributed by atoms with E-state index in [0.717, 1.165) is 25.1 Å². The van der Waals surface area contributed by atoms with E-state index in [1.165, 1.54) is 25.2 Å². The van der Waals surface area contributed by atoms with Crippen molar-refractivity contribution >= 4 is 29.6 Å². The topological polar surface area (TPSA) is 108 Å². The Labute approximate surface area is 218 Å². The Kier molecular flexibility index (Phi) is 7.23. The van der Waals surface area contributed by atoms with Crippen molar-refractivity contribution in [2.45, 2.75) is 44.1 Å². The summed E-state index contributed by atoms with van der Waals surface area (Å²) in [5, 5.41) is 4.56. The lowest BCUT2D eigenvalue weighted by atomic mass is 9.94. The summed E-state index contributed by atoms with van der Waals surface area (Å²) >= 11 is 0. The van der Waals surface area contributed by atoms with Crippen LogP contribution in [0.3, 0.4) is 0 Å². The molecule has 2 aromatic rings. The van der Waals surface area contributed by atoms with E-state index in [1.807, 2.05) is 0 Å². The molecule has 9 nitrogen and oxygen atoms in total.